The first kappa shape index (κ1) is 15.8. The van der Waals surface area contributed by atoms with Crippen molar-refractivity contribution in [3.8, 4) is 17.4 Å². The Hall–Kier alpha value is -1.24. The Morgan fingerprint density at radius 2 is 1.63 bits per heavy atom. The minimum absolute atomic E-state index is 0. The summed E-state index contributed by atoms with van der Waals surface area (Å²) in [5.74, 6) is 0.186. The molecular weight excluding hydrogens is 270 g/mol. The molecular formula is C12H7F3NNaO2. The number of alkyl halides is 3. The van der Waals surface area contributed by atoms with E-state index in [0.29, 0.717) is 11.9 Å². The molecule has 0 aliphatic rings. The fourth-order valence-corrected chi connectivity index (χ4v) is 1.24. The summed E-state index contributed by atoms with van der Waals surface area (Å²) in [5.41, 5.74) is -0.843. The summed E-state index contributed by atoms with van der Waals surface area (Å²) >= 11 is 0. The molecule has 1 aromatic carbocycles. The zero-order valence-corrected chi connectivity index (χ0v) is 11.9. The van der Waals surface area contributed by atoms with Crippen LogP contribution in [-0.4, -0.2) is 4.98 Å². The Labute approximate surface area is 129 Å². The van der Waals surface area contributed by atoms with Crippen molar-refractivity contribution in [3.05, 3.63) is 48.2 Å². The molecule has 0 atom stereocenters. The fraction of sp³-hybridized carbons (Fsp3) is 0.0833. The molecule has 0 bridgehead atoms. The smallest absolute Gasteiger partial charge is 0.872 e. The predicted molar refractivity (Wildman–Crippen MR) is 55.2 cm³/mol. The molecule has 0 amide bonds. The van der Waals surface area contributed by atoms with Gasteiger partial charge in [-0.3, -0.25) is 0 Å². The second-order valence-corrected chi connectivity index (χ2v) is 3.46. The van der Waals surface area contributed by atoms with Gasteiger partial charge in [0.25, 0.3) is 0 Å². The van der Waals surface area contributed by atoms with Gasteiger partial charge in [0.05, 0.1) is 5.56 Å². The van der Waals surface area contributed by atoms with E-state index in [2.05, 4.69) is 4.98 Å². The van der Waals surface area contributed by atoms with Gasteiger partial charge in [-0.05, 0) is 18.2 Å². The molecule has 1 heterocycles. The fourth-order valence-electron chi connectivity index (χ4n) is 1.24. The SMILES string of the molecule is [Na+].[O-]c1ccc(Oc2ccc(C(F)(F)F)cn2)cc1. The van der Waals surface area contributed by atoms with E-state index in [-0.39, 0.29) is 41.2 Å². The van der Waals surface area contributed by atoms with Crippen molar-refractivity contribution < 1.29 is 52.6 Å². The first-order valence-electron chi connectivity index (χ1n) is 4.93. The second kappa shape index (κ2) is 6.27. The summed E-state index contributed by atoms with van der Waals surface area (Å²) in [5, 5.41) is 10.8. The van der Waals surface area contributed by atoms with Crippen LogP contribution in [0, 0.1) is 0 Å². The molecule has 1 aromatic heterocycles. The zero-order valence-electron chi connectivity index (χ0n) is 9.94. The molecule has 0 saturated heterocycles. The van der Waals surface area contributed by atoms with Gasteiger partial charge < -0.3 is 9.84 Å². The van der Waals surface area contributed by atoms with Gasteiger partial charge in [0.2, 0.25) is 5.88 Å². The van der Waals surface area contributed by atoms with Crippen LogP contribution in [0.3, 0.4) is 0 Å². The van der Waals surface area contributed by atoms with Crippen LogP contribution in [-0.2, 0) is 6.18 Å². The normalized spacial score (nSPS) is 10.7. The molecule has 2 rings (SSSR count). The van der Waals surface area contributed by atoms with E-state index in [1.165, 1.54) is 24.3 Å². The average molecular weight is 277 g/mol. The summed E-state index contributed by atoms with van der Waals surface area (Å²) in [6.45, 7) is 0. The first-order chi connectivity index (χ1) is 8.45. The molecule has 2 aromatic rings. The van der Waals surface area contributed by atoms with Crippen LogP contribution in [0.5, 0.6) is 17.4 Å². The Bertz CT molecular complexity index is 526. The number of hydrogen-bond donors (Lipinski definition) is 0. The maximum absolute atomic E-state index is 12.3. The predicted octanol–water partition coefficient (Wildman–Crippen LogP) is -0.0297. The minimum Gasteiger partial charge on any atom is -0.872 e. The monoisotopic (exact) mass is 277 g/mol. The van der Waals surface area contributed by atoms with Crippen molar-refractivity contribution >= 4 is 0 Å². The third-order valence-electron chi connectivity index (χ3n) is 2.11. The van der Waals surface area contributed by atoms with Crippen molar-refractivity contribution in [1.82, 2.24) is 4.98 Å². The number of halogens is 3. The molecule has 19 heavy (non-hydrogen) atoms. The molecule has 0 saturated carbocycles. The van der Waals surface area contributed by atoms with Gasteiger partial charge in [-0.25, -0.2) is 4.98 Å². The summed E-state index contributed by atoms with van der Waals surface area (Å²) < 4.78 is 42.0. The summed E-state index contributed by atoms with van der Waals surface area (Å²) in [4.78, 5) is 3.54. The molecule has 0 aliphatic carbocycles. The first-order valence-corrected chi connectivity index (χ1v) is 4.93. The maximum Gasteiger partial charge on any atom is 1.00 e. The van der Waals surface area contributed by atoms with E-state index in [9.17, 15) is 18.3 Å². The number of ether oxygens (including phenoxy) is 1. The zero-order chi connectivity index (χ0) is 13.2. The molecule has 0 fully saturated rings. The van der Waals surface area contributed by atoms with Crippen LogP contribution in [0.2, 0.25) is 0 Å². The topological polar surface area (TPSA) is 45.2 Å². The maximum atomic E-state index is 12.3. The Morgan fingerprint density at radius 3 is 2.11 bits per heavy atom. The quantitative estimate of drug-likeness (QED) is 0.724. The second-order valence-electron chi connectivity index (χ2n) is 3.46. The molecule has 7 heteroatoms. The van der Waals surface area contributed by atoms with Crippen LogP contribution in [0.4, 0.5) is 13.2 Å². The van der Waals surface area contributed by atoms with Crippen LogP contribution < -0.4 is 39.4 Å². The number of benzene rings is 1. The van der Waals surface area contributed by atoms with E-state index >= 15 is 0 Å². The number of pyridine rings is 1. The van der Waals surface area contributed by atoms with Crippen molar-refractivity contribution in [3.63, 3.8) is 0 Å². The van der Waals surface area contributed by atoms with Crippen LogP contribution in [0.25, 0.3) is 0 Å². The summed E-state index contributed by atoms with van der Waals surface area (Å²) in [6, 6.07) is 7.42. The molecule has 0 spiro atoms. The van der Waals surface area contributed by atoms with Crippen molar-refractivity contribution in [1.29, 1.82) is 0 Å². The van der Waals surface area contributed by atoms with E-state index < -0.39 is 11.7 Å². The van der Waals surface area contributed by atoms with E-state index in [1.807, 2.05) is 0 Å². The number of rotatable bonds is 2. The third-order valence-corrected chi connectivity index (χ3v) is 2.11. The largest absolute Gasteiger partial charge is 1.00 e. The summed E-state index contributed by atoms with van der Waals surface area (Å²) in [7, 11) is 0. The van der Waals surface area contributed by atoms with Gasteiger partial charge in [-0.15, -0.1) is 5.75 Å². The molecule has 0 radical (unpaired) electrons. The minimum atomic E-state index is -4.42. The average Bonchev–Trinajstić information content (AvgIpc) is 2.32. The van der Waals surface area contributed by atoms with Gasteiger partial charge in [0.15, 0.2) is 0 Å². The van der Waals surface area contributed by atoms with Crippen molar-refractivity contribution in [2.24, 2.45) is 0 Å². The molecule has 0 unspecified atom stereocenters. The van der Waals surface area contributed by atoms with Gasteiger partial charge in [-0.2, -0.15) is 13.2 Å². The Kier molecular flexibility index (Phi) is 5.22. The van der Waals surface area contributed by atoms with Crippen LogP contribution in [0.15, 0.2) is 42.6 Å². The van der Waals surface area contributed by atoms with Gasteiger partial charge in [0.1, 0.15) is 5.75 Å². The number of hydrogen-bond acceptors (Lipinski definition) is 3. The molecule has 3 nitrogen and oxygen atoms in total. The molecule has 0 N–H and O–H groups in total. The third kappa shape index (κ3) is 4.41. The molecule has 94 valence electrons. The molecule has 0 aliphatic heterocycles. The Balaban J connectivity index is 0.00000180. The summed E-state index contributed by atoms with van der Waals surface area (Å²) in [6.07, 6.45) is -3.73. The van der Waals surface area contributed by atoms with Gasteiger partial charge in [-0.1, -0.05) is 12.1 Å². The van der Waals surface area contributed by atoms with E-state index in [0.717, 1.165) is 12.1 Å². The number of aromatic nitrogens is 1. The Morgan fingerprint density at radius 1 is 1.00 bits per heavy atom. The standard InChI is InChI=1S/C12H8F3NO2.Na/c13-12(14,15)8-1-6-11(16-7-8)18-10-4-2-9(17)3-5-10;/h1-7,17H;/q;+1/p-1. The van der Waals surface area contributed by atoms with Gasteiger partial charge in [0, 0.05) is 12.3 Å². The van der Waals surface area contributed by atoms with Crippen molar-refractivity contribution in [2.45, 2.75) is 6.18 Å². The van der Waals surface area contributed by atoms with Gasteiger partial charge >= 0.3 is 35.7 Å². The van der Waals surface area contributed by atoms with E-state index in [1.54, 1.807) is 0 Å². The number of nitrogens with zero attached hydrogens (tertiary/aromatic N) is 1. The van der Waals surface area contributed by atoms with Crippen LogP contribution >= 0.6 is 0 Å². The van der Waals surface area contributed by atoms with Crippen LogP contribution in [0.1, 0.15) is 5.56 Å². The van der Waals surface area contributed by atoms with E-state index in [4.69, 9.17) is 4.74 Å². The van der Waals surface area contributed by atoms with Crippen molar-refractivity contribution in [2.75, 3.05) is 0 Å².